The molecule has 1 aliphatic rings. The van der Waals surface area contributed by atoms with Gasteiger partial charge >= 0.3 is 12.1 Å². The van der Waals surface area contributed by atoms with Crippen LogP contribution in [0.25, 0.3) is 11.4 Å². The van der Waals surface area contributed by atoms with Gasteiger partial charge in [0.05, 0.1) is 5.56 Å². The zero-order chi connectivity index (χ0) is 30.6. The standard InChI is InChI=1S/C32H28ClF3N4O3/c33-25-12-6-20(7-13-25)18-27(31(42)43)38-30(41)26-19-28(40-16-14-22(15-17-40)21-4-2-1-3-5-21)39-29(37-26)23-8-10-24(11-9-23)32(34,35)36/h1-13,19,22,27H,14-18H2,(H,38,41)(H,42,43)/t27-/m1/s1. The van der Waals surface area contributed by atoms with E-state index in [0.717, 1.165) is 25.0 Å². The Hall–Kier alpha value is -4.44. The number of rotatable bonds is 8. The highest BCUT2D eigenvalue weighted by Gasteiger charge is 2.30. The van der Waals surface area contributed by atoms with Crippen LogP contribution in [0.15, 0.2) is 84.9 Å². The van der Waals surface area contributed by atoms with Crippen molar-refractivity contribution in [3.05, 3.63) is 112 Å². The molecule has 0 bridgehead atoms. The first-order valence-corrected chi connectivity index (χ1v) is 14.1. The molecule has 0 spiro atoms. The molecule has 0 unspecified atom stereocenters. The topological polar surface area (TPSA) is 95.4 Å². The molecule has 0 saturated carbocycles. The Morgan fingerprint density at radius 3 is 2.21 bits per heavy atom. The molecule has 11 heteroatoms. The Bertz CT molecular complexity index is 1570. The van der Waals surface area contributed by atoms with Gasteiger partial charge in [0.15, 0.2) is 5.82 Å². The Labute approximate surface area is 251 Å². The molecule has 1 amide bonds. The Kier molecular flexibility index (Phi) is 8.96. The molecule has 7 nitrogen and oxygen atoms in total. The van der Waals surface area contributed by atoms with Gasteiger partial charge in [-0.3, -0.25) is 4.79 Å². The van der Waals surface area contributed by atoms with Gasteiger partial charge in [-0.05, 0) is 54.2 Å². The monoisotopic (exact) mass is 608 g/mol. The number of carboxylic acids is 1. The zero-order valence-electron chi connectivity index (χ0n) is 22.9. The summed E-state index contributed by atoms with van der Waals surface area (Å²) < 4.78 is 39.5. The molecule has 0 radical (unpaired) electrons. The number of hydrogen-bond donors (Lipinski definition) is 2. The van der Waals surface area contributed by atoms with Crippen LogP contribution in [0.4, 0.5) is 19.0 Å². The van der Waals surface area contributed by atoms with Crippen molar-refractivity contribution in [1.82, 2.24) is 15.3 Å². The van der Waals surface area contributed by atoms with Gasteiger partial charge < -0.3 is 15.3 Å². The largest absolute Gasteiger partial charge is 0.480 e. The third kappa shape index (κ3) is 7.50. The normalized spacial score (nSPS) is 14.7. The summed E-state index contributed by atoms with van der Waals surface area (Å²) in [5.41, 5.74) is 1.29. The lowest BCUT2D eigenvalue weighted by molar-refractivity contribution is -0.139. The predicted molar refractivity (Wildman–Crippen MR) is 157 cm³/mol. The fraction of sp³-hybridized carbons (Fsp3) is 0.250. The van der Waals surface area contributed by atoms with E-state index in [4.69, 9.17) is 11.6 Å². The molecule has 222 valence electrons. The summed E-state index contributed by atoms with van der Waals surface area (Å²) in [5.74, 6) is -1.11. The molecule has 3 aromatic carbocycles. The van der Waals surface area contributed by atoms with E-state index < -0.39 is 29.7 Å². The van der Waals surface area contributed by atoms with Gasteiger partial charge in [-0.2, -0.15) is 13.2 Å². The van der Waals surface area contributed by atoms with Crippen LogP contribution in [0.3, 0.4) is 0 Å². The molecule has 2 heterocycles. The first-order chi connectivity index (χ1) is 20.6. The van der Waals surface area contributed by atoms with Crippen LogP contribution in [-0.2, 0) is 17.4 Å². The van der Waals surface area contributed by atoms with Gasteiger partial charge in [0.1, 0.15) is 17.6 Å². The number of halogens is 4. The number of amides is 1. The van der Waals surface area contributed by atoms with Gasteiger partial charge in [0.25, 0.3) is 5.91 Å². The van der Waals surface area contributed by atoms with Gasteiger partial charge in [0.2, 0.25) is 0 Å². The number of carboxylic acid groups (broad SMARTS) is 1. The van der Waals surface area contributed by atoms with Crippen LogP contribution in [-0.4, -0.2) is 46.1 Å². The molecule has 1 aromatic heterocycles. The molecule has 1 aliphatic heterocycles. The molecule has 4 aromatic rings. The van der Waals surface area contributed by atoms with Crippen molar-refractivity contribution in [2.75, 3.05) is 18.0 Å². The van der Waals surface area contributed by atoms with Crippen LogP contribution in [0.5, 0.6) is 0 Å². The molecule has 43 heavy (non-hydrogen) atoms. The van der Waals surface area contributed by atoms with E-state index in [-0.39, 0.29) is 17.9 Å². The minimum absolute atomic E-state index is 0.00887. The number of aliphatic carboxylic acids is 1. The number of carbonyl (C=O) groups excluding carboxylic acids is 1. The minimum atomic E-state index is -4.51. The molecular formula is C32H28ClF3N4O3. The second-order valence-corrected chi connectivity index (χ2v) is 10.8. The van der Waals surface area contributed by atoms with E-state index in [0.29, 0.717) is 41.0 Å². The number of nitrogens with one attached hydrogen (secondary N) is 1. The lowest BCUT2D eigenvalue weighted by Gasteiger charge is -2.33. The first kappa shape index (κ1) is 30.0. The zero-order valence-corrected chi connectivity index (χ0v) is 23.6. The Morgan fingerprint density at radius 1 is 0.953 bits per heavy atom. The van der Waals surface area contributed by atoms with E-state index in [2.05, 4.69) is 27.4 Å². The summed E-state index contributed by atoms with van der Waals surface area (Å²) in [6.07, 6.45) is -2.82. The lowest BCUT2D eigenvalue weighted by Crippen LogP contribution is -2.42. The van der Waals surface area contributed by atoms with E-state index in [1.54, 1.807) is 24.3 Å². The maximum Gasteiger partial charge on any atom is 0.416 e. The van der Waals surface area contributed by atoms with E-state index in [1.807, 2.05) is 23.1 Å². The molecule has 2 N–H and O–H groups in total. The third-order valence-electron chi connectivity index (χ3n) is 7.46. The van der Waals surface area contributed by atoms with Crippen molar-refractivity contribution in [2.45, 2.75) is 37.4 Å². The second-order valence-electron chi connectivity index (χ2n) is 10.4. The van der Waals surface area contributed by atoms with Gasteiger partial charge in [0, 0.05) is 36.2 Å². The fourth-order valence-electron chi connectivity index (χ4n) is 5.11. The quantitative estimate of drug-likeness (QED) is 0.233. The van der Waals surface area contributed by atoms with Gasteiger partial charge in [-0.25, -0.2) is 14.8 Å². The highest BCUT2D eigenvalue weighted by Crippen LogP contribution is 2.33. The van der Waals surface area contributed by atoms with Crippen LogP contribution in [0.2, 0.25) is 5.02 Å². The van der Waals surface area contributed by atoms with E-state index in [9.17, 15) is 27.9 Å². The number of piperidine rings is 1. The fourth-order valence-corrected chi connectivity index (χ4v) is 5.23. The van der Waals surface area contributed by atoms with Crippen molar-refractivity contribution >= 4 is 29.3 Å². The van der Waals surface area contributed by atoms with Crippen LogP contribution < -0.4 is 10.2 Å². The molecule has 0 aliphatic carbocycles. The second kappa shape index (κ2) is 12.8. The van der Waals surface area contributed by atoms with Crippen LogP contribution in [0.1, 0.15) is 45.9 Å². The third-order valence-corrected chi connectivity index (χ3v) is 7.71. The lowest BCUT2D eigenvalue weighted by atomic mass is 9.89. The van der Waals surface area contributed by atoms with E-state index in [1.165, 1.54) is 23.8 Å². The Balaban J connectivity index is 1.42. The summed E-state index contributed by atoms with van der Waals surface area (Å²) in [6.45, 7) is 1.27. The van der Waals surface area contributed by atoms with Crippen molar-refractivity contribution in [1.29, 1.82) is 0 Å². The Morgan fingerprint density at radius 2 is 1.60 bits per heavy atom. The molecule has 5 rings (SSSR count). The average Bonchev–Trinajstić information content (AvgIpc) is 3.01. The number of nitrogens with zero attached hydrogens (tertiary/aromatic N) is 3. The number of benzene rings is 3. The number of anilines is 1. The molecule has 1 atom stereocenters. The number of carbonyl (C=O) groups is 2. The van der Waals surface area contributed by atoms with Crippen LogP contribution in [0, 0.1) is 0 Å². The minimum Gasteiger partial charge on any atom is -0.480 e. The molecule has 1 saturated heterocycles. The van der Waals surface area contributed by atoms with Crippen molar-refractivity contribution < 1.29 is 27.9 Å². The van der Waals surface area contributed by atoms with Crippen molar-refractivity contribution in [3.8, 4) is 11.4 Å². The van der Waals surface area contributed by atoms with Crippen molar-refractivity contribution in [3.63, 3.8) is 0 Å². The van der Waals surface area contributed by atoms with Gasteiger partial charge in [-0.15, -0.1) is 0 Å². The van der Waals surface area contributed by atoms with Crippen molar-refractivity contribution in [2.24, 2.45) is 0 Å². The summed E-state index contributed by atoms with van der Waals surface area (Å²) >= 11 is 5.93. The average molecular weight is 609 g/mol. The highest BCUT2D eigenvalue weighted by atomic mass is 35.5. The van der Waals surface area contributed by atoms with Gasteiger partial charge in [-0.1, -0.05) is 66.2 Å². The maximum atomic E-state index is 13.4. The SMILES string of the molecule is O=C(N[C@H](Cc1ccc(Cl)cc1)C(=O)O)c1cc(N2CCC(c3ccccc3)CC2)nc(-c2ccc(C(F)(F)F)cc2)n1. The van der Waals surface area contributed by atoms with E-state index >= 15 is 0 Å². The molecular weight excluding hydrogens is 581 g/mol. The number of alkyl halides is 3. The number of hydrogen-bond acceptors (Lipinski definition) is 5. The summed E-state index contributed by atoms with van der Waals surface area (Å²) in [6, 6.07) is 21.4. The highest BCUT2D eigenvalue weighted by molar-refractivity contribution is 6.30. The summed E-state index contributed by atoms with van der Waals surface area (Å²) in [4.78, 5) is 36.4. The first-order valence-electron chi connectivity index (χ1n) is 13.7. The summed E-state index contributed by atoms with van der Waals surface area (Å²) in [5, 5.41) is 12.8. The maximum absolute atomic E-state index is 13.4. The number of aromatic nitrogens is 2. The van der Waals surface area contributed by atoms with Crippen LogP contribution >= 0.6 is 11.6 Å². The molecule has 1 fully saturated rings. The predicted octanol–water partition coefficient (Wildman–Crippen LogP) is 6.63. The summed E-state index contributed by atoms with van der Waals surface area (Å²) in [7, 11) is 0. The smallest absolute Gasteiger partial charge is 0.416 e.